The number of rotatable bonds is 4. The van der Waals surface area contributed by atoms with Gasteiger partial charge in [-0.05, 0) is 43.2 Å². The van der Waals surface area contributed by atoms with E-state index in [2.05, 4.69) is 25.3 Å². The minimum Gasteiger partial charge on any atom is -0.497 e. The Morgan fingerprint density at radius 3 is 2.33 bits per heavy atom. The van der Waals surface area contributed by atoms with Crippen LogP contribution in [0.25, 0.3) is 0 Å². The highest BCUT2D eigenvalue weighted by Crippen LogP contribution is 2.30. The van der Waals surface area contributed by atoms with Crippen LogP contribution >= 0.6 is 11.3 Å². The first-order chi connectivity index (χ1) is 8.65. The second kappa shape index (κ2) is 5.52. The molecular formula is C14H18N2OS. The lowest BCUT2D eigenvalue weighted by atomic mass is 10.1. The molecule has 0 aliphatic rings. The van der Waals surface area contributed by atoms with Crippen LogP contribution in [0.15, 0.2) is 30.3 Å². The second-order valence-corrected chi connectivity index (χ2v) is 5.55. The van der Waals surface area contributed by atoms with Crippen LogP contribution in [-0.2, 0) is 0 Å². The highest BCUT2D eigenvalue weighted by molar-refractivity contribution is 7.12. The molecule has 1 aromatic heterocycles. The summed E-state index contributed by atoms with van der Waals surface area (Å²) in [5.41, 5.74) is 5.33. The highest BCUT2D eigenvalue weighted by Gasteiger charge is 2.15. The van der Waals surface area contributed by atoms with Gasteiger partial charge in [0.25, 0.3) is 0 Å². The van der Waals surface area contributed by atoms with Crippen molar-refractivity contribution in [2.24, 2.45) is 5.84 Å². The van der Waals surface area contributed by atoms with Crippen LogP contribution in [-0.4, -0.2) is 7.11 Å². The zero-order valence-corrected chi connectivity index (χ0v) is 11.7. The van der Waals surface area contributed by atoms with Crippen LogP contribution in [0.1, 0.15) is 26.9 Å². The van der Waals surface area contributed by atoms with Crippen LogP contribution in [0.3, 0.4) is 0 Å². The van der Waals surface area contributed by atoms with Gasteiger partial charge in [-0.15, -0.1) is 11.3 Å². The molecule has 1 heterocycles. The molecule has 2 aromatic rings. The molecule has 0 spiro atoms. The smallest absolute Gasteiger partial charge is 0.118 e. The molecule has 0 saturated heterocycles. The van der Waals surface area contributed by atoms with Crippen LogP contribution in [0, 0.1) is 13.8 Å². The fraction of sp³-hybridized carbons (Fsp3) is 0.286. The number of ether oxygens (including phenoxy) is 1. The van der Waals surface area contributed by atoms with Gasteiger partial charge in [0.2, 0.25) is 0 Å². The first kappa shape index (κ1) is 13.1. The summed E-state index contributed by atoms with van der Waals surface area (Å²) in [6.07, 6.45) is 0. The number of methoxy groups -OCH3 is 1. The maximum Gasteiger partial charge on any atom is 0.118 e. The SMILES string of the molecule is COc1ccc(C(NN)c2cc(C)c(C)s2)cc1. The molecule has 1 aromatic carbocycles. The molecule has 0 saturated carbocycles. The average molecular weight is 262 g/mol. The van der Waals surface area contributed by atoms with E-state index in [1.165, 1.54) is 15.3 Å². The number of benzene rings is 1. The summed E-state index contributed by atoms with van der Waals surface area (Å²) in [5.74, 6) is 6.55. The van der Waals surface area contributed by atoms with E-state index in [1.54, 1.807) is 18.4 Å². The molecular weight excluding hydrogens is 244 g/mol. The summed E-state index contributed by atoms with van der Waals surface area (Å²) in [4.78, 5) is 2.57. The lowest BCUT2D eigenvalue weighted by Gasteiger charge is -2.15. The molecule has 1 unspecified atom stereocenters. The summed E-state index contributed by atoms with van der Waals surface area (Å²) < 4.78 is 5.16. The van der Waals surface area contributed by atoms with Gasteiger partial charge >= 0.3 is 0 Å². The second-order valence-electron chi connectivity index (χ2n) is 4.26. The number of aryl methyl sites for hydroxylation is 2. The van der Waals surface area contributed by atoms with Gasteiger partial charge in [0.1, 0.15) is 5.75 Å². The number of hydrogen-bond acceptors (Lipinski definition) is 4. The van der Waals surface area contributed by atoms with E-state index in [4.69, 9.17) is 10.6 Å². The Kier molecular flexibility index (Phi) is 4.01. The predicted octanol–water partition coefficient (Wildman–Crippen LogP) is 2.93. The molecule has 0 aliphatic heterocycles. The van der Waals surface area contributed by atoms with E-state index in [0.29, 0.717) is 0 Å². The molecule has 0 fully saturated rings. The largest absolute Gasteiger partial charge is 0.497 e. The topological polar surface area (TPSA) is 47.3 Å². The van der Waals surface area contributed by atoms with Gasteiger partial charge in [-0.25, -0.2) is 5.43 Å². The van der Waals surface area contributed by atoms with E-state index in [1.807, 2.05) is 24.3 Å². The molecule has 0 amide bonds. The first-order valence-electron chi connectivity index (χ1n) is 5.82. The van der Waals surface area contributed by atoms with Crippen molar-refractivity contribution in [3.05, 3.63) is 51.2 Å². The van der Waals surface area contributed by atoms with Crippen molar-refractivity contribution in [2.45, 2.75) is 19.9 Å². The Morgan fingerprint density at radius 2 is 1.89 bits per heavy atom. The molecule has 1 atom stereocenters. The monoisotopic (exact) mass is 262 g/mol. The van der Waals surface area contributed by atoms with Crippen molar-refractivity contribution < 1.29 is 4.74 Å². The zero-order chi connectivity index (χ0) is 13.1. The number of hydrazine groups is 1. The summed E-state index contributed by atoms with van der Waals surface area (Å²) >= 11 is 1.78. The van der Waals surface area contributed by atoms with Crippen molar-refractivity contribution in [2.75, 3.05) is 7.11 Å². The maximum atomic E-state index is 5.69. The standard InChI is InChI=1S/C14H18N2OS/c1-9-8-13(18-10(9)2)14(16-15)11-4-6-12(17-3)7-5-11/h4-8,14,16H,15H2,1-3H3. The summed E-state index contributed by atoms with van der Waals surface area (Å²) in [6, 6.07) is 10.2. The maximum absolute atomic E-state index is 5.69. The van der Waals surface area contributed by atoms with Crippen molar-refractivity contribution >= 4 is 11.3 Å². The third-order valence-electron chi connectivity index (χ3n) is 3.09. The van der Waals surface area contributed by atoms with Gasteiger partial charge in [-0.1, -0.05) is 12.1 Å². The van der Waals surface area contributed by atoms with Crippen molar-refractivity contribution in [3.8, 4) is 5.75 Å². The van der Waals surface area contributed by atoms with Crippen LogP contribution < -0.4 is 16.0 Å². The van der Waals surface area contributed by atoms with Gasteiger partial charge in [0.05, 0.1) is 13.2 Å². The van der Waals surface area contributed by atoms with Crippen molar-refractivity contribution in [1.82, 2.24) is 5.43 Å². The minimum atomic E-state index is 0.0355. The predicted molar refractivity (Wildman–Crippen MR) is 76.0 cm³/mol. The zero-order valence-electron chi connectivity index (χ0n) is 10.9. The lowest BCUT2D eigenvalue weighted by Crippen LogP contribution is -2.28. The van der Waals surface area contributed by atoms with Gasteiger partial charge < -0.3 is 4.74 Å². The van der Waals surface area contributed by atoms with Crippen LogP contribution in [0.4, 0.5) is 0 Å². The molecule has 4 heteroatoms. The third kappa shape index (κ3) is 2.56. The van der Waals surface area contributed by atoms with E-state index >= 15 is 0 Å². The average Bonchev–Trinajstić information content (AvgIpc) is 2.71. The highest BCUT2D eigenvalue weighted by atomic mass is 32.1. The van der Waals surface area contributed by atoms with Gasteiger partial charge in [0, 0.05) is 9.75 Å². The van der Waals surface area contributed by atoms with Gasteiger partial charge in [-0.2, -0.15) is 0 Å². The molecule has 2 rings (SSSR count). The van der Waals surface area contributed by atoms with E-state index < -0.39 is 0 Å². The Morgan fingerprint density at radius 1 is 1.22 bits per heavy atom. The third-order valence-corrected chi connectivity index (χ3v) is 4.30. The van der Waals surface area contributed by atoms with Crippen LogP contribution in [0.2, 0.25) is 0 Å². The lowest BCUT2D eigenvalue weighted by molar-refractivity contribution is 0.414. The summed E-state index contributed by atoms with van der Waals surface area (Å²) in [6.45, 7) is 4.25. The minimum absolute atomic E-state index is 0.0355. The fourth-order valence-electron chi connectivity index (χ4n) is 1.88. The van der Waals surface area contributed by atoms with Crippen LogP contribution in [0.5, 0.6) is 5.75 Å². The van der Waals surface area contributed by atoms with E-state index in [-0.39, 0.29) is 6.04 Å². The summed E-state index contributed by atoms with van der Waals surface area (Å²) in [7, 11) is 1.67. The first-order valence-corrected chi connectivity index (χ1v) is 6.64. The molecule has 18 heavy (non-hydrogen) atoms. The molecule has 0 bridgehead atoms. The Labute approximate surface area is 112 Å². The number of thiophene rings is 1. The molecule has 3 N–H and O–H groups in total. The van der Waals surface area contributed by atoms with Crippen molar-refractivity contribution in [3.63, 3.8) is 0 Å². The number of nitrogens with two attached hydrogens (primary N) is 1. The molecule has 0 radical (unpaired) electrons. The number of hydrogen-bond donors (Lipinski definition) is 2. The molecule has 3 nitrogen and oxygen atoms in total. The van der Waals surface area contributed by atoms with E-state index in [0.717, 1.165) is 11.3 Å². The van der Waals surface area contributed by atoms with Gasteiger partial charge in [0.15, 0.2) is 0 Å². The Balaban J connectivity index is 2.32. The Hall–Kier alpha value is -1.36. The molecule has 0 aliphatic carbocycles. The Bertz CT molecular complexity index is 500. The molecule has 96 valence electrons. The van der Waals surface area contributed by atoms with E-state index in [9.17, 15) is 0 Å². The number of nitrogens with one attached hydrogen (secondary N) is 1. The fourth-order valence-corrected chi connectivity index (χ4v) is 3.01. The normalized spacial score (nSPS) is 12.4. The van der Waals surface area contributed by atoms with Gasteiger partial charge in [-0.3, -0.25) is 5.84 Å². The van der Waals surface area contributed by atoms with Crippen molar-refractivity contribution in [1.29, 1.82) is 0 Å². The quantitative estimate of drug-likeness (QED) is 0.658. The summed E-state index contributed by atoms with van der Waals surface area (Å²) in [5, 5.41) is 0.